The lowest BCUT2D eigenvalue weighted by Crippen LogP contribution is -2.26. The van der Waals surface area contributed by atoms with E-state index in [-0.39, 0.29) is 29.1 Å². The Morgan fingerprint density at radius 1 is 1.21 bits per heavy atom. The van der Waals surface area contributed by atoms with E-state index in [4.69, 9.17) is 16.3 Å². The van der Waals surface area contributed by atoms with Gasteiger partial charge in [0.15, 0.2) is 11.5 Å². The number of halogens is 2. The van der Waals surface area contributed by atoms with Gasteiger partial charge in [-0.3, -0.25) is 4.79 Å². The molecule has 1 unspecified atom stereocenters. The fourth-order valence-corrected chi connectivity index (χ4v) is 2.71. The molecule has 24 heavy (non-hydrogen) atoms. The van der Waals surface area contributed by atoms with Crippen LogP contribution in [-0.2, 0) is 6.61 Å². The maximum absolute atomic E-state index is 13.8. The molecule has 0 heterocycles. The van der Waals surface area contributed by atoms with E-state index < -0.39 is 5.82 Å². The number of hydrogen-bond acceptors (Lipinski definition) is 3. The number of benzene rings is 2. The maximum Gasteiger partial charge on any atom is 0.170 e. The molecule has 0 aliphatic rings. The fourth-order valence-electron chi connectivity index (χ4n) is 2.49. The van der Waals surface area contributed by atoms with Gasteiger partial charge in [0.2, 0.25) is 0 Å². The molecule has 5 heteroatoms. The molecule has 0 fully saturated rings. The SMILES string of the molecule is CC(CN(C)C)C(=O)c1ccc(F)c(Cl)c1OCc1ccccc1. The van der Waals surface area contributed by atoms with Crippen LogP contribution in [0.1, 0.15) is 22.8 Å². The van der Waals surface area contributed by atoms with Crippen molar-refractivity contribution in [1.82, 2.24) is 4.90 Å². The molecule has 0 radical (unpaired) electrons. The summed E-state index contributed by atoms with van der Waals surface area (Å²) in [7, 11) is 3.79. The van der Waals surface area contributed by atoms with Crippen LogP contribution in [0.25, 0.3) is 0 Å². The molecule has 0 saturated carbocycles. The van der Waals surface area contributed by atoms with E-state index in [1.54, 1.807) is 0 Å². The molecular weight excluding hydrogens is 329 g/mol. The summed E-state index contributed by atoms with van der Waals surface area (Å²) in [4.78, 5) is 14.6. The van der Waals surface area contributed by atoms with Crippen LogP contribution in [0.5, 0.6) is 5.75 Å². The number of rotatable bonds is 7. The summed E-state index contributed by atoms with van der Waals surface area (Å²) in [5.74, 6) is -0.859. The zero-order chi connectivity index (χ0) is 17.7. The molecular formula is C19H21ClFNO2. The number of ketones is 1. The molecule has 128 valence electrons. The van der Waals surface area contributed by atoms with Gasteiger partial charge in [0, 0.05) is 12.5 Å². The van der Waals surface area contributed by atoms with Crippen molar-refractivity contribution in [3.05, 3.63) is 64.4 Å². The van der Waals surface area contributed by atoms with Crippen LogP contribution >= 0.6 is 11.6 Å². The zero-order valence-electron chi connectivity index (χ0n) is 14.1. The number of carbonyl (C=O) groups excluding carboxylic acids is 1. The molecule has 2 aromatic carbocycles. The molecule has 0 spiro atoms. The largest absolute Gasteiger partial charge is 0.486 e. The molecule has 3 nitrogen and oxygen atoms in total. The first-order valence-electron chi connectivity index (χ1n) is 7.73. The summed E-state index contributed by atoms with van der Waals surface area (Å²) in [5, 5.41) is -0.158. The molecule has 0 aromatic heterocycles. The quantitative estimate of drug-likeness (QED) is 0.692. The van der Waals surface area contributed by atoms with Crippen molar-refractivity contribution in [1.29, 1.82) is 0 Å². The Bertz CT molecular complexity index is 704. The van der Waals surface area contributed by atoms with Crippen molar-refractivity contribution >= 4 is 17.4 Å². The zero-order valence-corrected chi connectivity index (χ0v) is 14.8. The number of ether oxygens (including phenoxy) is 1. The third-order valence-electron chi connectivity index (χ3n) is 3.63. The minimum Gasteiger partial charge on any atom is -0.486 e. The van der Waals surface area contributed by atoms with E-state index in [1.807, 2.05) is 56.3 Å². The predicted molar refractivity (Wildman–Crippen MR) is 94.2 cm³/mol. The summed E-state index contributed by atoms with van der Waals surface area (Å²) in [6.07, 6.45) is 0. The summed E-state index contributed by atoms with van der Waals surface area (Å²) < 4.78 is 19.5. The van der Waals surface area contributed by atoms with Crippen LogP contribution in [0.15, 0.2) is 42.5 Å². The van der Waals surface area contributed by atoms with E-state index >= 15 is 0 Å². The molecule has 2 aromatic rings. The minimum absolute atomic E-state index is 0.108. The van der Waals surface area contributed by atoms with Gasteiger partial charge in [-0.2, -0.15) is 0 Å². The van der Waals surface area contributed by atoms with Gasteiger partial charge in [-0.05, 0) is 31.8 Å². The topological polar surface area (TPSA) is 29.5 Å². The van der Waals surface area contributed by atoms with Crippen molar-refractivity contribution in [3.63, 3.8) is 0 Å². The monoisotopic (exact) mass is 349 g/mol. The highest BCUT2D eigenvalue weighted by Crippen LogP contribution is 2.33. The van der Waals surface area contributed by atoms with Gasteiger partial charge in [-0.15, -0.1) is 0 Å². The van der Waals surface area contributed by atoms with E-state index in [2.05, 4.69) is 0 Å². The second kappa shape index (κ2) is 8.27. The number of nitrogens with zero attached hydrogens (tertiary/aromatic N) is 1. The van der Waals surface area contributed by atoms with E-state index in [0.29, 0.717) is 12.1 Å². The lowest BCUT2D eigenvalue weighted by Gasteiger charge is -2.18. The summed E-state index contributed by atoms with van der Waals surface area (Å²) >= 11 is 6.06. The summed E-state index contributed by atoms with van der Waals surface area (Å²) in [5.41, 5.74) is 1.23. The van der Waals surface area contributed by atoms with E-state index in [9.17, 15) is 9.18 Å². The van der Waals surface area contributed by atoms with Crippen LogP contribution in [0.4, 0.5) is 4.39 Å². The second-order valence-electron chi connectivity index (χ2n) is 6.04. The van der Waals surface area contributed by atoms with Crippen molar-refractivity contribution < 1.29 is 13.9 Å². The summed E-state index contributed by atoms with van der Waals surface area (Å²) in [6.45, 7) is 2.64. The number of hydrogen-bond donors (Lipinski definition) is 0. The third kappa shape index (κ3) is 4.56. The Morgan fingerprint density at radius 2 is 1.88 bits per heavy atom. The Labute approximate surface area is 147 Å². The molecule has 0 aliphatic heterocycles. The Hall–Kier alpha value is -1.91. The smallest absolute Gasteiger partial charge is 0.170 e. The molecule has 0 amide bonds. The van der Waals surface area contributed by atoms with Crippen LogP contribution in [0.2, 0.25) is 5.02 Å². The van der Waals surface area contributed by atoms with Gasteiger partial charge in [0.25, 0.3) is 0 Å². The van der Waals surface area contributed by atoms with Crippen molar-refractivity contribution in [2.24, 2.45) is 5.92 Å². The van der Waals surface area contributed by atoms with Gasteiger partial charge in [0.1, 0.15) is 17.4 Å². The maximum atomic E-state index is 13.8. The highest BCUT2D eigenvalue weighted by Gasteiger charge is 2.23. The average Bonchev–Trinajstić information content (AvgIpc) is 2.56. The fraction of sp³-hybridized carbons (Fsp3) is 0.316. The third-order valence-corrected chi connectivity index (χ3v) is 3.98. The van der Waals surface area contributed by atoms with E-state index in [0.717, 1.165) is 5.56 Å². The van der Waals surface area contributed by atoms with Gasteiger partial charge in [-0.25, -0.2) is 4.39 Å². The van der Waals surface area contributed by atoms with Crippen LogP contribution in [-0.4, -0.2) is 31.3 Å². The molecule has 1 atom stereocenters. The molecule has 2 rings (SSSR count). The first-order chi connectivity index (χ1) is 11.4. The van der Waals surface area contributed by atoms with Crippen molar-refractivity contribution in [2.45, 2.75) is 13.5 Å². The summed E-state index contributed by atoms with van der Waals surface area (Å²) in [6, 6.07) is 12.1. The van der Waals surface area contributed by atoms with Crippen LogP contribution in [0, 0.1) is 11.7 Å². The standard InChI is InChI=1S/C19H21ClFNO2/c1-13(11-22(2)3)18(23)15-9-10-16(21)17(20)19(15)24-12-14-7-5-4-6-8-14/h4-10,13H,11-12H2,1-3H3. The second-order valence-corrected chi connectivity index (χ2v) is 6.42. The average molecular weight is 350 g/mol. The predicted octanol–water partition coefficient (Wildman–Crippen LogP) is 4.44. The van der Waals surface area contributed by atoms with Gasteiger partial charge >= 0.3 is 0 Å². The van der Waals surface area contributed by atoms with Crippen LogP contribution in [0.3, 0.4) is 0 Å². The lowest BCUT2D eigenvalue weighted by molar-refractivity contribution is 0.0905. The first kappa shape index (κ1) is 18.4. The van der Waals surface area contributed by atoms with Gasteiger partial charge < -0.3 is 9.64 Å². The van der Waals surface area contributed by atoms with Crippen molar-refractivity contribution in [2.75, 3.05) is 20.6 Å². The van der Waals surface area contributed by atoms with E-state index in [1.165, 1.54) is 12.1 Å². The highest BCUT2D eigenvalue weighted by atomic mass is 35.5. The number of Topliss-reactive ketones (excluding diaryl/α,β-unsaturated/α-hetero) is 1. The Kier molecular flexibility index (Phi) is 6.35. The molecule has 0 bridgehead atoms. The Balaban J connectivity index is 2.28. The Morgan fingerprint density at radius 3 is 2.50 bits per heavy atom. The molecule has 0 saturated heterocycles. The molecule has 0 N–H and O–H groups in total. The van der Waals surface area contributed by atoms with Gasteiger partial charge in [0.05, 0.1) is 5.56 Å². The lowest BCUT2D eigenvalue weighted by atomic mass is 9.98. The van der Waals surface area contributed by atoms with Gasteiger partial charge in [-0.1, -0.05) is 48.9 Å². The van der Waals surface area contributed by atoms with Crippen molar-refractivity contribution in [3.8, 4) is 5.75 Å². The van der Waals surface area contributed by atoms with Crippen LogP contribution < -0.4 is 4.74 Å². The normalized spacial score (nSPS) is 12.2. The minimum atomic E-state index is -0.600. The first-order valence-corrected chi connectivity index (χ1v) is 8.11. The molecule has 0 aliphatic carbocycles. The number of carbonyl (C=O) groups is 1. The highest BCUT2D eigenvalue weighted by molar-refractivity contribution is 6.33.